The summed E-state index contributed by atoms with van der Waals surface area (Å²) in [5, 5.41) is 0. The van der Waals surface area contributed by atoms with Gasteiger partial charge >= 0.3 is 12.6 Å². The van der Waals surface area contributed by atoms with Gasteiger partial charge in [0.05, 0.1) is 24.9 Å². The number of carbonyl (C=O) groups is 1. The van der Waals surface area contributed by atoms with Gasteiger partial charge in [0.25, 0.3) is 0 Å². The minimum absolute atomic E-state index is 0.0356. The summed E-state index contributed by atoms with van der Waals surface area (Å²) >= 11 is 0. The van der Waals surface area contributed by atoms with Crippen LogP contribution in [-0.4, -0.2) is 29.8 Å². The molecule has 1 heterocycles. The Kier molecular flexibility index (Phi) is 7.23. The van der Waals surface area contributed by atoms with Crippen molar-refractivity contribution in [2.45, 2.75) is 52.4 Å². The minimum atomic E-state index is -2.97. The quantitative estimate of drug-likeness (QED) is 0.309. The molecule has 0 saturated heterocycles. The largest absolute Gasteiger partial charge is 0.489 e. The molecule has 0 atom stereocenters. The first-order valence-corrected chi connectivity index (χ1v) is 11.4. The van der Waals surface area contributed by atoms with E-state index >= 15 is 0 Å². The minimum Gasteiger partial charge on any atom is -0.489 e. The molecule has 186 valence electrons. The van der Waals surface area contributed by atoms with Gasteiger partial charge in [-0.3, -0.25) is 0 Å². The van der Waals surface area contributed by atoms with Crippen molar-refractivity contribution in [3.05, 3.63) is 66.4 Å². The van der Waals surface area contributed by atoms with Crippen molar-refractivity contribution in [2.75, 3.05) is 11.5 Å². The van der Waals surface area contributed by atoms with E-state index in [0.717, 1.165) is 12.8 Å². The van der Waals surface area contributed by atoms with Gasteiger partial charge in [-0.2, -0.15) is 8.78 Å². The molecule has 1 aliphatic rings. The number of anilines is 2. The number of alkyl halides is 2. The first-order valence-electron chi connectivity index (χ1n) is 11.4. The molecule has 0 amide bonds. The van der Waals surface area contributed by atoms with Crippen LogP contribution < -0.4 is 14.4 Å². The number of hydrogen-bond acceptors (Lipinski definition) is 7. The van der Waals surface area contributed by atoms with Gasteiger partial charge in [-0.25, -0.2) is 9.78 Å². The average molecular weight is 487 g/mol. The Morgan fingerprint density at radius 2 is 1.91 bits per heavy atom. The first-order chi connectivity index (χ1) is 16.7. The van der Waals surface area contributed by atoms with Gasteiger partial charge in [0.2, 0.25) is 0 Å². The summed E-state index contributed by atoms with van der Waals surface area (Å²) in [6.45, 7) is 3.14. The van der Waals surface area contributed by atoms with Crippen LogP contribution in [0.3, 0.4) is 0 Å². The van der Waals surface area contributed by atoms with Gasteiger partial charge in [0.1, 0.15) is 11.4 Å². The van der Waals surface area contributed by atoms with E-state index in [-0.39, 0.29) is 18.0 Å². The van der Waals surface area contributed by atoms with Crippen LogP contribution >= 0.6 is 0 Å². The van der Waals surface area contributed by atoms with Crippen LogP contribution in [0, 0.1) is 5.92 Å². The predicted molar refractivity (Wildman–Crippen MR) is 125 cm³/mol. The highest BCUT2D eigenvalue weighted by Gasteiger charge is 2.24. The molecule has 0 spiro atoms. The summed E-state index contributed by atoms with van der Waals surface area (Å²) in [5.74, 6) is 0.732. The Hall–Kier alpha value is -3.62. The molecule has 1 fully saturated rings. The van der Waals surface area contributed by atoms with E-state index in [1.807, 2.05) is 11.0 Å². The number of hydrogen-bond donors (Lipinski definition) is 0. The Labute approximate surface area is 202 Å². The number of oxazole rings is 1. The number of rotatable bonds is 10. The van der Waals surface area contributed by atoms with Crippen molar-refractivity contribution in [1.29, 1.82) is 0 Å². The van der Waals surface area contributed by atoms with Crippen molar-refractivity contribution in [3.63, 3.8) is 0 Å². The highest BCUT2D eigenvalue weighted by Crippen LogP contribution is 2.38. The van der Waals surface area contributed by atoms with E-state index in [0.29, 0.717) is 35.2 Å². The molecule has 2 aromatic carbocycles. The SMILES string of the molecule is CC(C)(C)OC(=O)c1cccc(N(Cc2cnco2)c2ccc(OC(F)F)c(OCC3CC3)c2)c1. The third-order valence-electron chi connectivity index (χ3n) is 5.22. The van der Waals surface area contributed by atoms with Gasteiger partial charge in [0, 0.05) is 17.4 Å². The summed E-state index contributed by atoms with van der Waals surface area (Å²) in [5.41, 5.74) is 1.04. The van der Waals surface area contributed by atoms with E-state index in [2.05, 4.69) is 9.72 Å². The third kappa shape index (κ3) is 6.94. The summed E-state index contributed by atoms with van der Waals surface area (Å²) in [7, 11) is 0. The molecule has 4 rings (SSSR count). The Morgan fingerprint density at radius 3 is 2.57 bits per heavy atom. The maximum Gasteiger partial charge on any atom is 0.387 e. The van der Waals surface area contributed by atoms with Crippen molar-refractivity contribution >= 4 is 17.3 Å². The molecule has 7 nitrogen and oxygen atoms in total. The van der Waals surface area contributed by atoms with E-state index in [1.54, 1.807) is 57.3 Å². The summed E-state index contributed by atoms with van der Waals surface area (Å²) < 4.78 is 47.4. The van der Waals surface area contributed by atoms with Crippen molar-refractivity contribution in [2.24, 2.45) is 5.92 Å². The second-order valence-electron chi connectivity index (χ2n) is 9.37. The summed E-state index contributed by atoms with van der Waals surface area (Å²) in [4.78, 5) is 18.5. The lowest BCUT2D eigenvalue weighted by atomic mass is 10.1. The number of carbonyl (C=O) groups excluding carboxylic acids is 1. The summed E-state index contributed by atoms with van der Waals surface area (Å²) in [6, 6.07) is 11.7. The summed E-state index contributed by atoms with van der Waals surface area (Å²) in [6.07, 6.45) is 5.03. The zero-order valence-electron chi connectivity index (χ0n) is 19.9. The molecule has 1 aromatic heterocycles. The first kappa shape index (κ1) is 24.5. The van der Waals surface area contributed by atoms with Crippen LogP contribution in [0.1, 0.15) is 49.7 Å². The molecule has 0 bridgehead atoms. The van der Waals surface area contributed by atoms with Crippen LogP contribution in [-0.2, 0) is 11.3 Å². The lowest BCUT2D eigenvalue weighted by Gasteiger charge is -2.26. The number of nitrogens with zero attached hydrogens (tertiary/aromatic N) is 2. The molecule has 0 unspecified atom stereocenters. The lowest BCUT2D eigenvalue weighted by Crippen LogP contribution is -2.24. The van der Waals surface area contributed by atoms with Crippen LogP contribution in [0.25, 0.3) is 0 Å². The van der Waals surface area contributed by atoms with E-state index in [9.17, 15) is 13.6 Å². The van der Waals surface area contributed by atoms with Crippen LogP contribution in [0.5, 0.6) is 11.5 Å². The molecule has 1 aliphatic carbocycles. The molecular formula is C26H28F2N2O5. The van der Waals surface area contributed by atoms with Crippen molar-refractivity contribution < 1.29 is 32.2 Å². The normalized spacial score (nSPS) is 13.5. The molecule has 0 aliphatic heterocycles. The number of esters is 1. The standard InChI is InChI=1S/C26H28F2N2O5/c1-26(2,3)35-24(31)18-5-4-6-19(11-18)30(14-21-13-29-16-33-21)20-9-10-22(34-25(27)28)23(12-20)32-15-17-7-8-17/h4-6,9-13,16-17,25H,7-8,14-15H2,1-3H3. The zero-order chi connectivity index (χ0) is 25.0. The fourth-order valence-electron chi connectivity index (χ4n) is 3.41. The number of benzene rings is 2. The number of ether oxygens (including phenoxy) is 3. The maximum absolute atomic E-state index is 13.0. The fraction of sp³-hybridized carbons (Fsp3) is 0.385. The molecule has 9 heteroatoms. The van der Waals surface area contributed by atoms with Crippen LogP contribution in [0.2, 0.25) is 0 Å². The van der Waals surface area contributed by atoms with Crippen LogP contribution in [0.4, 0.5) is 20.2 Å². The Balaban J connectivity index is 1.69. The van der Waals surface area contributed by atoms with Gasteiger partial charge in [-0.05, 0) is 69.9 Å². The van der Waals surface area contributed by atoms with E-state index in [1.165, 1.54) is 12.5 Å². The predicted octanol–water partition coefficient (Wildman–Crippen LogP) is 6.36. The Morgan fingerprint density at radius 1 is 1.14 bits per heavy atom. The molecule has 0 radical (unpaired) electrons. The highest BCUT2D eigenvalue weighted by molar-refractivity contribution is 5.91. The molecular weight excluding hydrogens is 458 g/mol. The fourth-order valence-corrected chi connectivity index (χ4v) is 3.41. The molecule has 35 heavy (non-hydrogen) atoms. The maximum atomic E-state index is 13.0. The van der Waals surface area contributed by atoms with Gasteiger partial charge < -0.3 is 23.5 Å². The number of halogens is 2. The monoisotopic (exact) mass is 486 g/mol. The van der Waals surface area contributed by atoms with E-state index in [4.69, 9.17) is 13.9 Å². The highest BCUT2D eigenvalue weighted by atomic mass is 19.3. The molecule has 0 N–H and O–H groups in total. The number of aromatic nitrogens is 1. The second kappa shape index (κ2) is 10.3. The smallest absolute Gasteiger partial charge is 0.387 e. The topological polar surface area (TPSA) is 74.0 Å². The Bertz CT molecular complexity index is 1140. The van der Waals surface area contributed by atoms with Gasteiger partial charge in [0.15, 0.2) is 17.9 Å². The van der Waals surface area contributed by atoms with Gasteiger partial charge in [-0.1, -0.05) is 6.07 Å². The zero-order valence-corrected chi connectivity index (χ0v) is 19.9. The molecule has 1 saturated carbocycles. The average Bonchev–Trinajstić information content (AvgIpc) is 3.48. The van der Waals surface area contributed by atoms with E-state index < -0.39 is 18.2 Å². The van der Waals surface area contributed by atoms with Gasteiger partial charge in [-0.15, -0.1) is 0 Å². The van der Waals surface area contributed by atoms with Crippen LogP contribution in [0.15, 0.2) is 59.5 Å². The molecule has 3 aromatic rings. The van der Waals surface area contributed by atoms with Crippen molar-refractivity contribution in [1.82, 2.24) is 4.98 Å². The third-order valence-corrected chi connectivity index (χ3v) is 5.22. The lowest BCUT2D eigenvalue weighted by molar-refractivity contribution is -0.0515. The van der Waals surface area contributed by atoms with Crippen molar-refractivity contribution in [3.8, 4) is 11.5 Å². The second-order valence-corrected chi connectivity index (χ2v) is 9.37.